The number of likely N-dealkylation sites (N-methyl/N-ethyl adjacent to an activating group) is 1. The molecule has 1 N–H and O–H groups in total. The minimum atomic E-state index is -1.05. The topological polar surface area (TPSA) is 89.4 Å². The van der Waals surface area contributed by atoms with Crippen molar-refractivity contribution in [2.24, 2.45) is 0 Å². The predicted octanol–water partition coefficient (Wildman–Crippen LogP) is 2.13. The second kappa shape index (κ2) is 7.90. The molecule has 0 radical (unpaired) electrons. The van der Waals surface area contributed by atoms with E-state index in [0.717, 1.165) is 15.1 Å². The molecule has 0 bridgehead atoms. The van der Waals surface area contributed by atoms with Crippen molar-refractivity contribution in [3.63, 3.8) is 0 Å². The molecule has 2 amide bonds. The molecule has 1 unspecified atom stereocenters. The lowest BCUT2D eigenvalue weighted by Gasteiger charge is -2.20. The molecular weight excluding hydrogens is 396 g/mol. The Labute approximate surface area is 170 Å². The summed E-state index contributed by atoms with van der Waals surface area (Å²) in [6, 6.07) is 5.86. The van der Waals surface area contributed by atoms with Gasteiger partial charge in [0.2, 0.25) is 5.95 Å². The molecule has 1 aromatic carbocycles. The van der Waals surface area contributed by atoms with Gasteiger partial charge in [0, 0.05) is 31.9 Å². The maximum Gasteiger partial charge on any atom is 0.342 e. The third kappa shape index (κ3) is 3.84. The van der Waals surface area contributed by atoms with Crippen LogP contribution in [0.4, 0.5) is 19.3 Å². The Morgan fingerprint density at radius 3 is 2.93 bits per heavy atom. The minimum absolute atomic E-state index is 0.0873. The zero-order valence-corrected chi connectivity index (χ0v) is 15.9. The SMILES string of the molecule is CN1C(=O)C(NC(=O)n2cc(Cc3cccc(F)c3)cn2)COc2ccnc(F)c21. The highest BCUT2D eigenvalue weighted by molar-refractivity contribution is 6.00. The van der Waals surface area contributed by atoms with Gasteiger partial charge < -0.3 is 15.0 Å². The minimum Gasteiger partial charge on any atom is -0.488 e. The van der Waals surface area contributed by atoms with Crippen LogP contribution in [0.3, 0.4) is 0 Å². The van der Waals surface area contributed by atoms with Crippen molar-refractivity contribution < 1.29 is 23.1 Å². The normalized spacial score (nSPS) is 15.9. The van der Waals surface area contributed by atoms with Crippen molar-refractivity contribution in [1.82, 2.24) is 20.1 Å². The highest BCUT2D eigenvalue weighted by atomic mass is 19.1. The molecule has 4 rings (SSSR count). The van der Waals surface area contributed by atoms with Crippen molar-refractivity contribution in [3.05, 3.63) is 71.8 Å². The fraction of sp³-hybridized carbons (Fsp3) is 0.200. The monoisotopic (exact) mass is 413 g/mol. The van der Waals surface area contributed by atoms with E-state index in [1.54, 1.807) is 12.1 Å². The van der Waals surface area contributed by atoms with Gasteiger partial charge in [0.25, 0.3) is 5.91 Å². The molecule has 2 aromatic heterocycles. The number of ether oxygens (including phenoxy) is 1. The van der Waals surface area contributed by atoms with Gasteiger partial charge in [0.05, 0.1) is 6.20 Å². The van der Waals surface area contributed by atoms with Gasteiger partial charge in [-0.05, 0) is 23.3 Å². The van der Waals surface area contributed by atoms with E-state index >= 15 is 0 Å². The maximum absolute atomic E-state index is 14.0. The molecule has 0 spiro atoms. The number of aromatic nitrogens is 3. The van der Waals surface area contributed by atoms with E-state index in [1.807, 2.05) is 0 Å². The first-order valence-electron chi connectivity index (χ1n) is 9.06. The Hall–Kier alpha value is -3.82. The second-order valence-electron chi connectivity index (χ2n) is 6.76. The lowest BCUT2D eigenvalue weighted by atomic mass is 10.1. The number of amides is 2. The Morgan fingerprint density at radius 1 is 1.30 bits per heavy atom. The zero-order valence-electron chi connectivity index (χ0n) is 15.9. The van der Waals surface area contributed by atoms with Gasteiger partial charge in [-0.2, -0.15) is 14.2 Å². The molecule has 1 atom stereocenters. The zero-order chi connectivity index (χ0) is 21.3. The van der Waals surface area contributed by atoms with E-state index in [1.165, 1.54) is 43.8 Å². The average Bonchev–Trinajstić information content (AvgIpc) is 3.14. The molecule has 0 saturated heterocycles. The van der Waals surface area contributed by atoms with Crippen molar-refractivity contribution in [2.45, 2.75) is 12.5 Å². The lowest BCUT2D eigenvalue weighted by molar-refractivity contribution is -0.120. The summed E-state index contributed by atoms with van der Waals surface area (Å²) in [4.78, 5) is 29.8. The number of anilines is 1. The van der Waals surface area contributed by atoms with Crippen LogP contribution in [-0.4, -0.2) is 46.4 Å². The number of nitrogens with zero attached hydrogens (tertiary/aromatic N) is 4. The quantitative estimate of drug-likeness (QED) is 0.665. The van der Waals surface area contributed by atoms with Gasteiger partial charge in [-0.1, -0.05) is 12.1 Å². The van der Waals surface area contributed by atoms with Crippen LogP contribution in [0.25, 0.3) is 0 Å². The van der Waals surface area contributed by atoms with Crippen molar-refractivity contribution in [2.75, 3.05) is 18.6 Å². The van der Waals surface area contributed by atoms with Gasteiger partial charge in [0.1, 0.15) is 29.9 Å². The molecule has 3 aromatic rings. The summed E-state index contributed by atoms with van der Waals surface area (Å²) in [5, 5.41) is 6.53. The Bertz CT molecular complexity index is 1120. The second-order valence-corrected chi connectivity index (χ2v) is 6.76. The number of rotatable bonds is 3. The molecule has 0 aliphatic carbocycles. The summed E-state index contributed by atoms with van der Waals surface area (Å²) in [6.45, 7) is -0.178. The molecule has 8 nitrogen and oxygen atoms in total. The number of hydrogen-bond donors (Lipinski definition) is 1. The van der Waals surface area contributed by atoms with Crippen LogP contribution >= 0.6 is 0 Å². The van der Waals surface area contributed by atoms with Gasteiger partial charge >= 0.3 is 6.03 Å². The number of carbonyl (C=O) groups excluding carboxylic acids is 2. The van der Waals surface area contributed by atoms with Gasteiger partial charge in [0.15, 0.2) is 0 Å². The number of nitrogens with one attached hydrogen (secondary N) is 1. The summed E-state index contributed by atoms with van der Waals surface area (Å²) in [5.74, 6) is -1.58. The molecule has 0 saturated carbocycles. The molecular formula is C20H17F2N5O3. The number of fused-ring (bicyclic) bond motifs is 1. The first kappa shape index (κ1) is 19.5. The Kier molecular flexibility index (Phi) is 5.13. The van der Waals surface area contributed by atoms with Crippen LogP contribution < -0.4 is 15.0 Å². The molecule has 3 heterocycles. The van der Waals surface area contributed by atoms with E-state index in [0.29, 0.717) is 12.0 Å². The largest absolute Gasteiger partial charge is 0.488 e. The fourth-order valence-electron chi connectivity index (χ4n) is 3.18. The lowest BCUT2D eigenvalue weighted by Crippen LogP contribution is -2.50. The van der Waals surface area contributed by atoms with Gasteiger partial charge in [-0.25, -0.2) is 14.2 Å². The molecule has 0 fully saturated rings. The van der Waals surface area contributed by atoms with Crippen LogP contribution in [0.2, 0.25) is 0 Å². The van der Waals surface area contributed by atoms with Crippen LogP contribution in [0, 0.1) is 11.8 Å². The van der Waals surface area contributed by atoms with Gasteiger partial charge in [-0.3, -0.25) is 4.79 Å². The number of benzene rings is 1. The number of hydrogen-bond acceptors (Lipinski definition) is 5. The van der Waals surface area contributed by atoms with Crippen LogP contribution in [0.15, 0.2) is 48.9 Å². The van der Waals surface area contributed by atoms with Crippen molar-refractivity contribution >= 4 is 17.6 Å². The van der Waals surface area contributed by atoms with Crippen molar-refractivity contribution in [3.8, 4) is 5.75 Å². The molecule has 154 valence electrons. The summed E-state index contributed by atoms with van der Waals surface area (Å²) < 4.78 is 33.9. The summed E-state index contributed by atoms with van der Waals surface area (Å²) >= 11 is 0. The molecule has 1 aliphatic rings. The average molecular weight is 413 g/mol. The third-order valence-corrected chi connectivity index (χ3v) is 4.65. The highest BCUT2D eigenvalue weighted by Gasteiger charge is 2.33. The number of carbonyl (C=O) groups is 2. The third-order valence-electron chi connectivity index (χ3n) is 4.65. The smallest absolute Gasteiger partial charge is 0.342 e. The van der Waals surface area contributed by atoms with E-state index in [4.69, 9.17) is 4.74 Å². The summed E-state index contributed by atoms with van der Waals surface area (Å²) in [5.41, 5.74) is 1.34. The first-order chi connectivity index (χ1) is 14.4. The maximum atomic E-state index is 14.0. The van der Waals surface area contributed by atoms with Crippen LogP contribution in [0.5, 0.6) is 5.75 Å². The highest BCUT2D eigenvalue weighted by Crippen LogP contribution is 2.31. The molecule has 30 heavy (non-hydrogen) atoms. The molecule has 1 aliphatic heterocycles. The molecule has 10 heteroatoms. The first-order valence-corrected chi connectivity index (χ1v) is 9.06. The Balaban J connectivity index is 1.46. The summed E-state index contributed by atoms with van der Waals surface area (Å²) in [6.07, 6.45) is 4.60. The van der Waals surface area contributed by atoms with Crippen molar-refractivity contribution in [1.29, 1.82) is 0 Å². The standard InChI is InChI=1S/C20H17F2N5O3/c1-26-17-16(5-6-23-18(17)22)30-11-15(19(26)28)25-20(29)27-10-13(9-24-27)7-12-3-2-4-14(21)8-12/h2-6,8-10,15H,7,11H2,1H3,(H,25,29). The van der Waals surface area contributed by atoms with Crippen LogP contribution in [0.1, 0.15) is 11.1 Å². The van der Waals surface area contributed by atoms with E-state index in [2.05, 4.69) is 15.4 Å². The van der Waals surface area contributed by atoms with E-state index in [9.17, 15) is 18.4 Å². The van der Waals surface area contributed by atoms with Gasteiger partial charge in [-0.15, -0.1) is 0 Å². The number of pyridine rings is 1. The van der Waals surface area contributed by atoms with Crippen LogP contribution in [-0.2, 0) is 11.2 Å². The fourth-order valence-corrected chi connectivity index (χ4v) is 3.18. The Morgan fingerprint density at radius 2 is 2.13 bits per heavy atom. The summed E-state index contributed by atoms with van der Waals surface area (Å²) in [7, 11) is 1.38. The number of halogens is 2. The van der Waals surface area contributed by atoms with E-state index < -0.39 is 23.9 Å². The predicted molar refractivity (Wildman–Crippen MR) is 102 cm³/mol. The van der Waals surface area contributed by atoms with E-state index in [-0.39, 0.29) is 23.9 Å².